The Morgan fingerprint density at radius 2 is 1.76 bits per heavy atom. The number of ether oxygens (including phenoxy) is 2. The third-order valence-electron chi connectivity index (χ3n) is 5.70. The lowest BCUT2D eigenvalue weighted by Crippen LogP contribution is -2.57. The number of aromatic nitrogens is 2. The second-order valence-electron chi connectivity index (χ2n) is 9.16. The second-order valence-corrected chi connectivity index (χ2v) is 9.95. The standard InChI is InChI=1S/C21H23BrF4N4O3/c1-20(2,3)33-19(31)30-10-5-6-11(30)9-29(8-10)17-12-7-13(21(24,25)26)14(22)15(23)16(12)27-18(28-17)32-4/h7,10-11H,5-6,8-9H2,1-4H3. The first kappa shape index (κ1) is 23.8. The van der Waals surface area contributed by atoms with Crippen molar-refractivity contribution in [3.8, 4) is 6.01 Å². The van der Waals surface area contributed by atoms with Crippen LogP contribution in [0.2, 0.25) is 0 Å². The Kier molecular flexibility index (Phi) is 5.86. The van der Waals surface area contributed by atoms with E-state index in [1.165, 1.54) is 7.11 Å². The van der Waals surface area contributed by atoms with Gasteiger partial charge in [-0.25, -0.2) is 9.18 Å². The molecule has 4 rings (SSSR count). The van der Waals surface area contributed by atoms with Crippen molar-refractivity contribution >= 4 is 38.7 Å². The molecular weight excluding hydrogens is 512 g/mol. The largest absolute Gasteiger partial charge is 0.467 e. The zero-order valence-electron chi connectivity index (χ0n) is 18.5. The van der Waals surface area contributed by atoms with Gasteiger partial charge in [-0.05, 0) is 55.6 Å². The van der Waals surface area contributed by atoms with Crippen LogP contribution in [0.1, 0.15) is 39.2 Å². The SMILES string of the molecule is COc1nc(N2CC3CCC(C2)N3C(=O)OC(C)(C)C)c2cc(C(F)(F)F)c(Br)c(F)c2n1. The molecule has 2 aliphatic heterocycles. The maximum Gasteiger partial charge on any atom is 0.417 e. The zero-order chi connectivity index (χ0) is 24.3. The molecule has 0 aliphatic carbocycles. The molecule has 2 bridgehead atoms. The van der Waals surface area contributed by atoms with Gasteiger partial charge in [0.1, 0.15) is 16.9 Å². The summed E-state index contributed by atoms with van der Waals surface area (Å²) in [6.07, 6.45) is -3.77. The van der Waals surface area contributed by atoms with Gasteiger partial charge in [0.25, 0.3) is 0 Å². The van der Waals surface area contributed by atoms with Crippen molar-refractivity contribution in [1.29, 1.82) is 0 Å². The topological polar surface area (TPSA) is 67.8 Å². The third kappa shape index (κ3) is 4.41. The monoisotopic (exact) mass is 534 g/mol. The molecule has 2 fully saturated rings. The summed E-state index contributed by atoms with van der Waals surface area (Å²) in [5.74, 6) is -1.01. The van der Waals surface area contributed by atoms with Crippen LogP contribution in [0.5, 0.6) is 6.01 Å². The van der Waals surface area contributed by atoms with Gasteiger partial charge in [-0.3, -0.25) is 4.90 Å². The molecule has 2 aromatic rings. The predicted molar refractivity (Wildman–Crippen MR) is 116 cm³/mol. The number of nitrogens with zero attached hydrogens (tertiary/aromatic N) is 4. The summed E-state index contributed by atoms with van der Waals surface area (Å²) in [6, 6.07) is 0.262. The van der Waals surface area contributed by atoms with E-state index >= 15 is 0 Å². The van der Waals surface area contributed by atoms with E-state index in [4.69, 9.17) is 9.47 Å². The van der Waals surface area contributed by atoms with E-state index in [9.17, 15) is 22.4 Å². The van der Waals surface area contributed by atoms with Crippen LogP contribution in [0, 0.1) is 5.82 Å². The number of alkyl halides is 3. The van der Waals surface area contributed by atoms with E-state index in [1.807, 2.05) is 0 Å². The van der Waals surface area contributed by atoms with E-state index in [0.717, 1.165) is 6.07 Å². The van der Waals surface area contributed by atoms with E-state index in [1.54, 1.807) is 30.6 Å². The molecule has 2 atom stereocenters. The number of piperazine rings is 1. The van der Waals surface area contributed by atoms with Gasteiger partial charge in [0, 0.05) is 18.5 Å². The summed E-state index contributed by atoms with van der Waals surface area (Å²) in [5, 5.41) is -0.0751. The molecule has 33 heavy (non-hydrogen) atoms. The van der Waals surface area contributed by atoms with Gasteiger partial charge in [-0.1, -0.05) is 0 Å². The number of carbonyl (C=O) groups excluding carboxylic acids is 1. The minimum absolute atomic E-state index is 0.0751. The van der Waals surface area contributed by atoms with Crippen LogP contribution in [0.4, 0.5) is 28.2 Å². The van der Waals surface area contributed by atoms with Crippen LogP contribution in [0.3, 0.4) is 0 Å². The van der Waals surface area contributed by atoms with Crippen LogP contribution in [-0.2, 0) is 10.9 Å². The summed E-state index contributed by atoms with van der Waals surface area (Å²) in [5.41, 5.74) is -2.08. The number of hydrogen-bond donors (Lipinski definition) is 0. The van der Waals surface area contributed by atoms with E-state index in [0.29, 0.717) is 25.9 Å². The Morgan fingerprint density at radius 3 is 2.27 bits per heavy atom. The molecule has 0 saturated carbocycles. The number of benzene rings is 1. The third-order valence-corrected chi connectivity index (χ3v) is 6.48. The highest BCUT2D eigenvalue weighted by Crippen LogP contribution is 2.42. The Hall–Kier alpha value is -2.37. The molecule has 1 aromatic heterocycles. The Bertz CT molecular complexity index is 1090. The number of halogens is 5. The predicted octanol–water partition coefficient (Wildman–Crippen LogP) is 5.15. The summed E-state index contributed by atoms with van der Waals surface area (Å²) in [6.45, 7) is 5.97. The molecule has 0 N–H and O–H groups in total. The highest BCUT2D eigenvalue weighted by atomic mass is 79.9. The van der Waals surface area contributed by atoms with Gasteiger partial charge in [0.05, 0.1) is 29.2 Å². The maximum atomic E-state index is 15.0. The van der Waals surface area contributed by atoms with Crippen LogP contribution >= 0.6 is 15.9 Å². The first-order valence-corrected chi connectivity index (χ1v) is 11.2. The van der Waals surface area contributed by atoms with Gasteiger partial charge in [-0.2, -0.15) is 23.1 Å². The van der Waals surface area contributed by atoms with Crippen LogP contribution in [0.25, 0.3) is 10.9 Å². The molecule has 12 heteroatoms. The van der Waals surface area contributed by atoms with Gasteiger partial charge >= 0.3 is 18.3 Å². The highest BCUT2D eigenvalue weighted by molar-refractivity contribution is 9.10. The quantitative estimate of drug-likeness (QED) is 0.496. The van der Waals surface area contributed by atoms with Crippen LogP contribution in [0.15, 0.2) is 10.5 Å². The molecule has 2 aliphatic rings. The van der Waals surface area contributed by atoms with Gasteiger partial charge in [-0.15, -0.1) is 0 Å². The van der Waals surface area contributed by atoms with Crippen molar-refractivity contribution in [1.82, 2.24) is 14.9 Å². The maximum absolute atomic E-state index is 15.0. The number of anilines is 1. The lowest BCUT2D eigenvalue weighted by Gasteiger charge is -2.42. The van der Waals surface area contributed by atoms with Gasteiger partial charge in [0.15, 0.2) is 5.82 Å². The van der Waals surface area contributed by atoms with Gasteiger partial charge in [0.2, 0.25) is 0 Å². The Balaban J connectivity index is 1.76. The molecule has 0 radical (unpaired) electrons. The smallest absolute Gasteiger partial charge is 0.417 e. The first-order chi connectivity index (χ1) is 15.3. The van der Waals surface area contributed by atoms with Crippen molar-refractivity contribution in [3.05, 3.63) is 21.9 Å². The minimum Gasteiger partial charge on any atom is -0.467 e. The van der Waals surface area contributed by atoms with Crippen molar-refractivity contribution in [2.75, 3.05) is 25.1 Å². The molecule has 0 spiro atoms. The van der Waals surface area contributed by atoms with E-state index in [-0.39, 0.29) is 34.8 Å². The number of carbonyl (C=O) groups is 1. The van der Waals surface area contributed by atoms with Gasteiger partial charge < -0.3 is 14.4 Å². The highest BCUT2D eigenvalue weighted by Gasteiger charge is 2.45. The number of fused-ring (bicyclic) bond motifs is 3. The molecule has 3 heterocycles. The normalized spacial score (nSPS) is 21.0. The molecule has 2 saturated heterocycles. The molecule has 2 unspecified atom stereocenters. The van der Waals surface area contributed by atoms with E-state index in [2.05, 4.69) is 25.9 Å². The fraction of sp³-hybridized carbons (Fsp3) is 0.571. The minimum atomic E-state index is -4.78. The summed E-state index contributed by atoms with van der Waals surface area (Å²) >= 11 is 2.71. The number of hydrogen-bond acceptors (Lipinski definition) is 6. The Morgan fingerprint density at radius 1 is 1.15 bits per heavy atom. The van der Waals surface area contributed by atoms with E-state index < -0.39 is 33.7 Å². The summed E-state index contributed by atoms with van der Waals surface area (Å²) in [7, 11) is 1.30. The van der Waals surface area contributed by atoms with Crippen LogP contribution in [-0.4, -0.2) is 58.8 Å². The summed E-state index contributed by atoms with van der Waals surface area (Å²) < 4.78 is 65.5. The zero-order valence-corrected chi connectivity index (χ0v) is 20.0. The number of amides is 1. The lowest BCUT2D eigenvalue weighted by molar-refractivity contribution is -0.138. The fourth-order valence-corrected chi connectivity index (χ4v) is 4.92. The Labute approximate surface area is 196 Å². The molecular formula is C21H23BrF4N4O3. The molecule has 1 amide bonds. The van der Waals surface area contributed by atoms with Crippen molar-refractivity contribution in [2.24, 2.45) is 0 Å². The molecule has 7 nitrogen and oxygen atoms in total. The van der Waals surface area contributed by atoms with Crippen molar-refractivity contribution in [2.45, 2.75) is 57.5 Å². The molecule has 1 aromatic carbocycles. The fourth-order valence-electron chi connectivity index (χ4n) is 4.39. The molecule has 180 valence electrons. The van der Waals surface area contributed by atoms with Crippen molar-refractivity contribution < 1.29 is 31.8 Å². The summed E-state index contributed by atoms with van der Waals surface area (Å²) in [4.78, 5) is 24.4. The van der Waals surface area contributed by atoms with Crippen molar-refractivity contribution in [3.63, 3.8) is 0 Å². The average Bonchev–Trinajstić information content (AvgIpc) is 2.97. The number of rotatable bonds is 2. The lowest BCUT2D eigenvalue weighted by atomic mass is 10.1. The average molecular weight is 535 g/mol. The second kappa shape index (κ2) is 8.14. The van der Waals surface area contributed by atoms with Crippen LogP contribution < -0.4 is 9.64 Å². The first-order valence-electron chi connectivity index (χ1n) is 10.4. The number of methoxy groups -OCH3 is 1.